The van der Waals surface area contributed by atoms with Gasteiger partial charge in [-0.1, -0.05) is 12.1 Å². The number of benzene rings is 1. The smallest absolute Gasteiger partial charge is 0.293 e. The molecular weight excluding hydrogens is 226 g/mol. The molecule has 82 valence electrons. The highest BCUT2D eigenvalue weighted by molar-refractivity contribution is 8.18. The lowest BCUT2D eigenvalue weighted by atomic mass is 10.2. The number of hydrogen-bond acceptors (Lipinski definition) is 4. The maximum Gasteiger partial charge on any atom is 0.293 e. The summed E-state index contributed by atoms with van der Waals surface area (Å²) in [4.78, 5) is 24.3. The highest BCUT2D eigenvalue weighted by Gasteiger charge is 2.31. The van der Waals surface area contributed by atoms with Crippen LogP contribution in [0.15, 0.2) is 29.2 Å². The molecule has 16 heavy (non-hydrogen) atoms. The summed E-state index contributed by atoms with van der Waals surface area (Å²) in [6, 6.07) is 6.42. The van der Waals surface area contributed by atoms with E-state index in [2.05, 4.69) is 0 Å². The number of carbonyl (C=O) groups excluding carboxylic acids is 2. The highest BCUT2D eigenvalue weighted by atomic mass is 32.2. The van der Waals surface area contributed by atoms with Crippen molar-refractivity contribution in [3.8, 4) is 5.75 Å². The summed E-state index contributed by atoms with van der Waals surface area (Å²) >= 11 is 0.917. The van der Waals surface area contributed by atoms with Gasteiger partial charge in [-0.3, -0.25) is 14.5 Å². The van der Waals surface area contributed by atoms with Gasteiger partial charge in [-0.05, 0) is 35.5 Å². The van der Waals surface area contributed by atoms with E-state index < -0.39 is 0 Å². The molecule has 0 saturated carbocycles. The molecule has 0 radical (unpaired) electrons. The lowest BCUT2D eigenvalue weighted by Crippen LogP contribution is -2.22. The molecule has 0 spiro atoms. The minimum atomic E-state index is -0.289. The number of nitrogens with zero attached hydrogens (tertiary/aromatic N) is 1. The van der Waals surface area contributed by atoms with Gasteiger partial charge in [-0.25, -0.2) is 0 Å². The van der Waals surface area contributed by atoms with Gasteiger partial charge in [0.15, 0.2) is 0 Å². The van der Waals surface area contributed by atoms with Crippen LogP contribution in [0.1, 0.15) is 5.56 Å². The summed E-state index contributed by atoms with van der Waals surface area (Å²) in [5.74, 6) is -0.121. The predicted octanol–water partition coefficient (Wildman–Crippen LogP) is 2.06. The van der Waals surface area contributed by atoms with Crippen molar-refractivity contribution in [1.29, 1.82) is 0 Å². The van der Waals surface area contributed by atoms with Crippen molar-refractivity contribution >= 4 is 29.0 Å². The van der Waals surface area contributed by atoms with E-state index in [0.29, 0.717) is 4.91 Å². The molecular formula is C11H9NO3S. The number of hydrogen-bond donors (Lipinski definition) is 1. The number of rotatable bonds is 1. The maximum atomic E-state index is 11.6. The van der Waals surface area contributed by atoms with Gasteiger partial charge in [0, 0.05) is 7.05 Å². The van der Waals surface area contributed by atoms with E-state index in [0.717, 1.165) is 22.2 Å². The second-order valence-corrected chi connectivity index (χ2v) is 4.33. The first-order valence-corrected chi connectivity index (χ1v) is 5.40. The fraction of sp³-hybridized carbons (Fsp3) is 0.0909. The molecule has 1 aliphatic rings. The van der Waals surface area contributed by atoms with E-state index >= 15 is 0 Å². The summed E-state index contributed by atoms with van der Waals surface area (Å²) < 4.78 is 0. The van der Waals surface area contributed by atoms with Crippen LogP contribution in [0.2, 0.25) is 0 Å². The number of phenols is 1. The van der Waals surface area contributed by atoms with Gasteiger partial charge in [-0.15, -0.1) is 0 Å². The van der Waals surface area contributed by atoms with Crippen LogP contribution < -0.4 is 0 Å². The lowest BCUT2D eigenvalue weighted by molar-refractivity contribution is -0.121. The number of amides is 2. The molecule has 2 rings (SSSR count). The molecule has 0 atom stereocenters. The minimum Gasteiger partial charge on any atom is -0.508 e. The Kier molecular flexibility index (Phi) is 2.70. The third kappa shape index (κ3) is 1.94. The second-order valence-electron chi connectivity index (χ2n) is 3.33. The van der Waals surface area contributed by atoms with Crippen molar-refractivity contribution < 1.29 is 14.7 Å². The standard InChI is InChI=1S/C11H9NO3S/c1-12-10(14)9(16-11(12)15)6-7-2-4-8(13)5-3-7/h2-6,13H,1H3/b9-6+. The minimum absolute atomic E-state index is 0.167. The fourth-order valence-electron chi connectivity index (χ4n) is 1.27. The van der Waals surface area contributed by atoms with Crippen LogP contribution >= 0.6 is 11.8 Å². The highest BCUT2D eigenvalue weighted by Crippen LogP contribution is 2.31. The molecule has 5 heteroatoms. The normalized spacial score (nSPS) is 18.6. The Morgan fingerprint density at radius 1 is 1.25 bits per heavy atom. The average Bonchev–Trinajstić information content (AvgIpc) is 2.50. The van der Waals surface area contributed by atoms with Crippen LogP contribution in [0, 0.1) is 0 Å². The quantitative estimate of drug-likeness (QED) is 0.757. The third-order valence-electron chi connectivity index (χ3n) is 2.18. The first-order chi connectivity index (χ1) is 7.58. The van der Waals surface area contributed by atoms with Gasteiger partial charge in [0.1, 0.15) is 5.75 Å². The van der Waals surface area contributed by atoms with E-state index in [-0.39, 0.29) is 16.9 Å². The van der Waals surface area contributed by atoms with Crippen LogP contribution in [-0.4, -0.2) is 28.2 Å². The largest absolute Gasteiger partial charge is 0.508 e. The molecule has 1 N–H and O–H groups in total. The molecule has 4 nitrogen and oxygen atoms in total. The molecule has 0 aromatic heterocycles. The monoisotopic (exact) mass is 235 g/mol. The molecule has 0 aliphatic carbocycles. The maximum absolute atomic E-state index is 11.6. The Labute approximate surface area is 96.6 Å². The first-order valence-electron chi connectivity index (χ1n) is 4.58. The summed E-state index contributed by atoms with van der Waals surface area (Å²) in [6.07, 6.45) is 1.63. The second kappa shape index (κ2) is 4.02. The molecule has 1 aromatic rings. The van der Waals surface area contributed by atoms with E-state index in [1.54, 1.807) is 18.2 Å². The number of aromatic hydroxyl groups is 1. The van der Waals surface area contributed by atoms with Gasteiger partial charge in [0.05, 0.1) is 4.91 Å². The predicted molar refractivity (Wildman–Crippen MR) is 61.8 cm³/mol. The Morgan fingerprint density at radius 3 is 2.38 bits per heavy atom. The average molecular weight is 235 g/mol. The third-order valence-corrected chi connectivity index (χ3v) is 3.14. The Balaban J connectivity index is 2.29. The molecule has 2 amide bonds. The van der Waals surface area contributed by atoms with Crippen LogP contribution in [0.25, 0.3) is 6.08 Å². The van der Waals surface area contributed by atoms with Gasteiger partial charge < -0.3 is 5.11 Å². The number of imide groups is 1. The zero-order valence-electron chi connectivity index (χ0n) is 8.51. The van der Waals surface area contributed by atoms with Crippen LogP contribution in [0.3, 0.4) is 0 Å². The van der Waals surface area contributed by atoms with E-state index in [1.165, 1.54) is 19.2 Å². The van der Waals surface area contributed by atoms with Gasteiger partial charge in [-0.2, -0.15) is 0 Å². The molecule has 1 aliphatic heterocycles. The first kappa shape index (κ1) is 10.8. The van der Waals surface area contributed by atoms with Crippen molar-refractivity contribution in [2.24, 2.45) is 0 Å². The van der Waals surface area contributed by atoms with E-state index in [4.69, 9.17) is 5.11 Å². The molecule has 0 unspecified atom stereocenters. The molecule has 1 heterocycles. The molecule has 0 bridgehead atoms. The van der Waals surface area contributed by atoms with Crippen LogP contribution in [-0.2, 0) is 4.79 Å². The van der Waals surface area contributed by atoms with Crippen molar-refractivity contribution in [2.45, 2.75) is 0 Å². The van der Waals surface area contributed by atoms with Gasteiger partial charge in [0.2, 0.25) is 0 Å². The molecule has 1 saturated heterocycles. The van der Waals surface area contributed by atoms with Gasteiger partial charge in [0.25, 0.3) is 11.1 Å². The van der Waals surface area contributed by atoms with Crippen LogP contribution in [0.5, 0.6) is 5.75 Å². The number of likely N-dealkylation sites (N-methyl/N-ethyl adjacent to an activating group) is 1. The number of carbonyl (C=O) groups is 2. The van der Waals surface area contributed by atoms with Crippen LogP contribution in [0.4, 0.5) is 4.79 Å². The van der Waals surface area contributed by atoms with Gasteiger partial charge >= 0.3 is 0 Å². The molecule has 1 aromatic carbocycles. The summed E-state index contributed by atoms with van der Waals surface area (Å²) in [5, 5.41) is 8.83. The summed E-state index contributed by atoms with van der Waals surface area (Å²) in [5.41, 5.74) is 0.775. The van der Waals surface area contributed by atoms with Crippen molar-refractivity contribution in [2.75, 3.05) is 7.05 Å². The fourth-order valence-corrected chi connectivity index (χ4v) is 2.09. The Hall–Kier alpha value is -1.75. The molecule has 1 fully saturated rings. The van der Waals surface area contributed by atoms with Crippen molar-refractivity contribution in [1.82, 2.24) is 4.90 Å². The zero-order valence-corrected chi connectivity index (χ0v) is 9.32. The lowest BCUT2D eigenvalue weighted by Gasteiger charge is -2.01. The van der Waals surface area contributed by atoms with E-state index in [9.17, 15) is 9.59 Å². The Morgan fingerprint density at radius 2 is 1.88 bits per heavy atom. The Bertz CT molecular complexity index is 479. The summed E-state index contributed by atoms with van der Waals surface area (Å²) in [6.45, 7) is 0. The SMILES string of the molecule is CN1C(=O)S/C(=C/c2ccc(O)cc2)C1=O. The topological polar surface area (TPSA) is 57.6 Å². The zero-order chi connectivity index (χ0) is 11.7. The van der Waals surface area contributed by atoms with E-state index in [1.807, 2.05) is 0 Å². The van der Waals surface area contributed by atoms with Crippen molar-refractivity contribution in [3.05, 3.63) is 34.7 Å². The summed E-state index contributed by atoms with van der Waals surface area (Å²) in [7, 11) is 1.45. The van der Waals surface area contributed by atoms with Crippen molar-refractivity contribution in [3.63, 3.8) is 0 Å². The number of phenolic OH excluding ortho intramolecular Hbond substituents is 1. The number of thioether (sulfide) groups is 1.